The summed E-state index contributed by atoms with van der Waals surface area (Å²) in [5.74, 6) is 0.262. The Labute approximate surface area is 86.3 Å². The first-order valence-corrected chi connectivity index (χ1v) is 4.90. The van der Waals surface area contributed by atoms with Gasteiger partial charge in [0.1, 0.15) is 6.29 Å². The maximum absolute atomic E-state index is 10.7. The largest absolute Gasteiger partial charge is 0.398 e. The molecule has 0 aliphatic carbocycles. The molecule has 0 saturated heterocycles. The van der Waals surface area contributed by atoms with Crippen LogP contribution >= 0.6 is 15.9 Å². The second kappa shape index (κ2) is 3.92. The molecule has 2 N–H and O–H groups in total. The predicted octanol–water partition coefficient (Wildman–Crippen LogP) is 2.97. The standard InChI is InChI=1S/C10H12BrNO/c1-6(2)9-7(5-13)3-4-8(11)10(9)12/h3-6H,12H2,1-2H3. The Kier molecular flexibility index (Phi) is 3.09. The van der Waals surface area contributed by atoms with Gasteiger partial charge in [0.25, 0.3) is 0 Å². The summed E-state index contributed by atoms with van der Waals surface area (Å²) in [4.78, 5) is 10.7. The highest BCUT2D eigenvalue weighted by Gasteiger charge is 2.11. The molecule has 1 rings (SSSR count). The summed E-state index contributed by atoms with van der Waals surface area (Å²) >= 11 is 3.34. The summed E-state index contributed by atoms with van der Waals surface area (Å²) in [6.07, 6.45) is 0.845. The van der Waals surface area contributed by atoms with Gasteiger partial charge in [-0.1, -0.05) is 19.9 Å². The van der Waals surface area contributed by atoms with Crippen molar-refractivity contribution in [1.82, 2.24) is 0 Å². The van der Waals surface area contributed by atoms with E-state index < -0.39 is 0 Å². The van der Waals surface area contributed by atoms with Crippen molar-refractivity contribution in [2.45, 2.75) is 19.8 Å². The lowest BCUT2D eigenvalue weighted by Crippen LogP contribution is -2.02. The molecule has 0 spiro atoms. The average molecular weight is 242 g/mol. The van der Waals surface area contributed by atoms with Crippen molar-refractivity contribution in [3.8, 4) is 0 Å². The van der Waals surface area contributed by atoms with Crippen molar-refractivity contribution in [3.05, 3.63) is 27.7 Å². The fourth-order valence-corrected chi connectivity index (χ4v) is 1.72. The Morgan fingerprint density at radius 3 is 2.54 bits per heavy atom. The van der Waals surface area contributed by atoms with Crippen LogP contribution in [0.1, 0.15) is 35.7 Å². The van der Waals surface area contributed by atoms with Gasteiger partial charge in [-0.05, 0) is 33.5 Å². The molecule has 0 aliphatic rings. The van der Waals surface area contributed by atoms with Gasteiger partial charge >= 0.3 is 0 Å². The molecule has 3 heteroatoms. The number of hydrogen-bond acceptors (Lipinski definition) is 2. The fourth-order valence-electron chi connectivity index (χ4n) is 1.37. The third-order valence-electron chi connectivity index (χ3n) is 1.97. The van der Waals surface area contributed by atoms with E-state index in [4.69, 9.17) is 5.73 Å². The van der Waals surface area contributed by atoms with Crippen LogP contribution in [0.15, 0.2) is 16.6 Å². The molecule has 0 saturated carbocycles. The molecule has 1 aromatic carbocycles. The Morgan fingerprint density at radius 2 is 2.08 bits per heavy atom. The zero-order valence-corrected chi connectivity index (χ0v) is 9.26. The lowest BCUT2D eigenvalue weighted by molar-refractivity contribution is 0.112. The Bertz CT molecular complexity index is 334. The minimum absolute atomic E-state index is 0.262. The highest BCUT2D eigenvalue weighted by Crippen LogP contribution is 2.31. The van der Waals surface area contributed by atoms with E-state index in [-0.39, 0.29) is 5.92 Å². The van der Waals surface area contributed by atoms with Crippen molar-refractivity contribution < 1.29 is 4.79 Å². The highest BCUT2D eigenvalue weighted by molar-refractivity contribution is 9.10. The van der Waals surface area contributed by atoms with Gasteiger partial charge in [0.2, 0.25) is 0 Å². The Balaban J connectivity index is 3.41. The first-order chi connectivity index (χ1) is 6.07. The average Bonchev–Trinajstić information content (AvgIpc) is 2.08. The quantitative estimate of drug-likeness (QED) is 0.639. The van der Waals surface area contributed by atoms with Gasteiger partial charge in [0, 0.05) is 10.0 Å². The minimum atomic E-state index is 0.262. The number of nitrogens with two attached hydrogens (primary N) is 1. The second-order valence-electron chi connectivity index (χ2n) is 3.24. The first kappa shape index (κ1) is 10.3. The number of carbonyl (C=O) groups is 1. The van der Waals surface area contributed by atoms with E-state index in [0.29, 0.717) is 11.3 Å². The van der Waals surface area contributed by atoms with Crippen LogP contribution in [0.4, 0.5) is 5.69 Å². The van der Waals surface area contributed by atoms with Crippen LogP contribution in [-0.2, 0) is 0 Å². The maximum Gasteiger partial charge on any atom is 0.150 e. The Morgan fingerprint density at radius 1 is 1.46 bits per heavy atom. The van der Waals surface area contributed by atoms with Crippen LogP contribution in [0, 0.1) is 0 Å². The summed E-state index contributed by atoms with van der Waals surface area (Å²) < 4.78 is 0.849. The molecule has 0 amide bonds. The molecular formula is C10H12BrNO. The SMILES string of the molecule is CC(C)c1c(C=O)ccc(Br)c1N. The normalized spacial score (nSPS) is 10.5. The van der Waals surface area contributed by atoms with E-state index in [0.717, 1.165) is 16.3 Å². The van der Waals surface area contributed by atoms with Crippen LogP contribution in [0.3, 0.4) is 0 Å². The predicted molar refractivity (Wildman–Crippen MR) is 58.0 cm³/mol. The number of rotatable bonds is 2. The molecule has 0 heterocycles. The van der Waals surface area contributed by atoms with Crippen LogP contribution in [-0.4, -0.2) is 6.29 Å². The molecule has 70 valence electrons. The van der Waals surface area contributed by atoms with E-state index in [1.807, 2.05) is 13.8 Å². The maximum atomic E-state index is 10.7. The number of nitrogen functional groups attached to an aromatic ring is 1. The second-order valence-corrected chi connectivity index (χ2v) is 4.09. The van der Waals surface area contributed by atoms with E-state index in [1.165, 1.54) is 0 Å². The number of benzene rings is 1. The summed E-state index contributed by atoms with van der Waals surface area (Å²) in [7, 11) is 0. The molecule has 13 heavy (non-hydrogen) atoms. The van der Waals surface area contributed by atoms with Gasteiger partial charge in [0.15, 0.2) is 0 Å². The lowest BCUT2D eigenvalue weighted by atomic mass is 9.96. The molecule has 2 nitrogen and oxygen atoms in total. The Hall–Kier alpha value is -0.830. The monoisotopic (exact) mass is 241 g/mol. The van der Waals surface area contributed by atoms with Gasteiger partial charge in [0.05, 0.1) is 5.69 Å². The van der Waals surface area contributed by atoms with Gasteiger partial charge in [-0.25, -0.2) is 0 Å². The van der Waals surface area contributed by atoms with E-state index in [1.54, 1.807) is 12.1 Å². The smallest absolute Gasteiger partial charge is 0.150 e. The molecular weight excluding hydrogens is 230 g/mol. The van der Waals surface area contributed by atoms with Crippen LogP contribution in [0.25, 0.3) is 0 Å². The van der Waals surface area contributed by atoms with Gasteiger partial charge in [-0.15, -0.1) is 0 Å². The van der Waals surface area contributed by atoms with Crippen LogP contribution < -0.4 is 5.73 Å². The van der Waals surface area contributed by atoms with Crippen molar-refractivity contribution in [3.63, 3.8) is 0 Å². The molecule has 0 radical (unpaired) electrons. The van der Waals surface area contributed by atoms with Crippen LogP contribution in [0.5, 0.6) is 0 Å². The lowest BCUT2D eigenvalue weighted by Gasteiger charge is -2.13. The molecule has 0 unspecified atom stereocenters. The number of hydrogen-bond donors (Lipinski definition) is 1. The van der Waals surface area contributed by atoms with Crippen molar-refractivity contribution in [2.24, 2.45) is 0 Å². The van der Waals surface area contributed by atoms with Gasteiger partial charge < -0.3 is 5.73 Å². The summed E-state index contributed by atoms with van der Waals surface area (Å²) in [5.41, 5.74) is 8.12. The number of halogens is 1. The fraction of sp³-hybridized carbons (Fsp3) is 0.300. The van der Waals surface area contributed by atoms with E-state index in [2.05, 4.69) is 15.9 Å². The zero-order chi connectivity index (χ0) is 10.0. The molecule has 0 aromatic heterocycles. The highest BCUT2D eigenvalue weighted by atomic mass is 79.9. The minimum Gasteiger partial charge on any atom is -0.398 e. The van der Waals surface area contributed by atoms with Gasteiger partial charge in [-0.2, -0.15) is 0 Å². The van der Waals surface area contributed by atoms with Crippen molar-refractivity contribution in [1.29, 1.82) is 0 Å². The molecule has 1 aromatic rings. The van der Waals surface area contributed by atoms with Crippen molar-refractivity contribution in [2.75, 3.05) is 5.73 Å². The van der Waals surface area contributed by atoms with E-state index >= 15 is 0 Å². The zero-order valence-electron chi connectivity index (χ0n) is 7.67. The summed E-state index contributed by atoms with van der Waals surface area (Å²) in [6, 6.07) is 3.58. The molecule has 0 atom stereocenters. The number of anilines is 1. The molecule has 0 fully saturated rings. The number of aldehydes is 1. The van der Waals surface area contributed by atoms with Crippen LogP contribution in [0.2, 0.25) is 0 Å². The van der Waals surface area contributed by atoms with Crippen molar-refractivity contribution >= 4 is 27.9 Å². The first-order valence-electron chi connectivity index (χ1n) is 4.11. The third-order valence-corrected chi connectivity index (χ3v) is 2.66. The summed E-state index contributed by atoms with van der Waals surface area (Å²) in [6.45, 7) is 4.04. The molecule has 0 aliphatic heterocycles. The van der Waals surface area contributed by atoms with E-state index in [9.17, 15) is 4.79 Å². The third kappa shape index (κ3) is 1.91. The summed E-state index contributed by atoms with van der Waals surface area (Å²) in [5, 5.41) is 0. The number of carbonyl (C=O) groups excluding carboxylic acids is 1. The molecule has 0 bridgehead atoms. The van der Waals surface area contributed by atoms with Gasteiger partial charge in [-0.3, -0.25) is 4.79 Å². The topological polar surface area (TPSA) is 43.1 Å².